The minimum absolute atomic E-state index is 0.00859. The second-order valence-corrected chi connectivity index (χ2v) is 5.52. The molecule has 6 nitrogen and oxygen atoms in total. The highest BCUT2D eigenvalue weighted by atomic mass is 19.1. The zero-order chi connectivity index (χ0) is 15.6. The Hall–Kier alpha value is -2.15. The van der Waals surface area contributed by atoms with Crippen LogP contribution in [0.25, 0.3) is 0 Å². The van der Waals surface area contributed by atoms with E-state index in [1.807, 2.05) is 0 Å². The number of hydrogen-bond acceptors (Lipinski definition) is 4. The summed E-state index contributed by atoms with van der Waals surface area (Å²) in [5.74, 6) is -1.06. The summed E-state index contributed by atoms with van der Waals surface area (Å²) in [5.41, 5.74) is 5.20. The predicted octanol–water partition coefficient (Wildman–Crippen LogP) is 0.557. The van der Waals surface area contributed by atoms with E-state index in [1.165, 1.54) is 18.2 Å². The lowest BCUT2D eigenvalue weighted by atomic mass is 9.99. The Bertz CT molecular complexity index is 574. The van der Waals surface area contributed by atoms with Crippen molar-refractivity contribution in [1.82, 2.24) is 10.2 Å². The highest BCUT2D eigenvalue weighted by molar-refractivity contribution is 5.94. The van der Waals surface area contributed by atoms with Crippen molar-refractivity contribution in [2.45, 2.75) is 19.4 Å². The minimum atomic E-state index is -0.774. The highest BCUT2D eigenvalue weighted by Gasteiger charge is 2.38. The van der Waals surface area contributed by atoms with Crippen LogP contribution in [0.1, 0.15) is 13.8 Å². The number of nitrogens with one attached hydrogen (secondary N) is 2. The summed E-state index contributed by atoms with van der Waals surface area (Å²) in [6, 6.07) is 3.98. The van der Waals surface area contributed by atoms with Crippen LogP contribution < -0.4 is 16.4 Å². The number of nitrogen functional groups attached to an aromatic ring is 1. The third kappa shape index (κ3) is 3.30. The molecule has 1 aliphatic heterocycles. The topological polar surface area (TPSA) is 87.5 Å². The first kappa shape index (κ1) is 15.2. The number of nitrogens with two attached hydrogens (primary N) is 1. The van der Waals surface area contributed by atoms with Gasteiger partial charge >= 0.3 is 0 Å². The van der Waals surface area contributed by atoms with Gasteiger partial charge in [-0.3, -0.25) is 14.5 Å². The second kappa shape index (κ2) is 5.69. The van der Waals surface area contributed by atoms with Gasteiger partial charge in [-0.2, -0.15) is 0 Å². The summed E-state index contributed by atoms with van der Waals surface area (Å²) >= 11 is 0. The number of benzene rings is 1. The molecule has 114 valence electrons. The van der Waals surface area contributed by atoms with Gasteiger partial charge in [0.15, 0.2) is 0 Å². The number of amides is 2. The van der Waals surface area contributed by atoms with E-state index < -0.39 is 11.4 Å². The number of piperazine rings is 1. The third-order valence-electron chi connectivity index (χ3n) is 3.61. The first-order valence-electron chi connectivity index (χ1n) is 6.69. The summed E-state index contributed by atoms with van der Waals surface area (Å²) in [4.78, 5) is 25.6. The van der Waals surface area contributed by atoms with E-state index in [0.29, 0.717) is 18.8 Å². The molecular weight excluding hydrogens is 275 g/mol. The normalized spacial score (nSPS) is 18.1. The maximum absolute atomic E-state index is 13.6. The van der Waals surface area contributed by atoms with E-state index in [2.05, 4.69) is 10.6 Å². The largest absolute Gasteiger partial charge is 0.399 e. The molecule has 0 unspecified atom stereocenters. The van der Waals surface area contributed by atoms with Gasteiger partial charge in [0, 0.05) is 18.8 Å². The quantitative estimate of drug-likeness (QED) is 0.711. The first-order chi connectivity index (χ1) is 9.80. The van der Waals surface area contributed by atoms with Crippen LogP contribution in [0.2, 0.25) is 0 Å². The smallest absolute Gasteiger partial charge is 0.240 e. The lowest BCUT2D eigenvalue weighted by molar-refractivity contribution is -0.136. The monoisotopic (exact) mass is 294 g/mol. The number of carbonyl (C=O) groups excluding carboxylic acids is 2. The van der Waals surface area contributed by atoms with Gasteiger partial charge in [-0.25, -0.2) is 4.39 Å². The zero-order valence-electron chi connectivity index (χ0n) is 12.1. The minimum Gasteiger partial charge on any atom is -0.399 e. The van der Waals surface area contributed by atoms with Crippen molar-refractivity contribution in [1.29, 1.82) is 0 Å². The first-order valence-corrected chi connectivity index (χ1v) is 6.69. The van der Waals surface area contributed by atoms with E-state index in [1.54, 1.807) is 18.7 Å². The van der Waals surface area contributed by atoms with E-state index in [-0.39, 0.29) is 24.0 Å². The molecule has 0 bridgehead atoms. The molecule has 1 fully saturated rings. The van der Waals surface area contributed by atoms with Crippen LogP contribution in [0.15, 0.2) is 18.2 Å². The standard InChI is InChI=1S/C14H19FN4O2/c1-14(2)13(21)17-5-6-19(14)8-12(20)18-11-7-9(16)3-4-10(11)15/h3-4,7H,5-6,8,16H2,1-2H3,(H,17,21)(H,18,20). The SMILES string of the molecule is CC1(C)C(=O)NCCN1CC(=O)Nc1cc(N)ccc1F. The Morgan fingerprint density at radius 2 is 2.24 bits per heavy atom. The van der Waals surface area contributed by atoms with Gasteiger partial charge in [0.25, 0.3) is 0 Å². The number of anilines is 2. The van der Waals surface area contributed by atoms with E-state index >= 15 is 0 Å². The van der Waals surface area contributed by atoms with E-state index in [9.17, 15) is 14.0 Å². The molecule has 21 heavy (non-hydrogen) atoms. The van der Waals surface area contributed by atoms with E-state index in [0.717, 1.165) is 0 Å². The van der Waals surface area contributed by atoms with Gasteiger partial charge < -0.3 is 16.4 Å². The van der Waals surface area contributed by atoms with Crippen LogP contribution >= 0.6 is 0 Å². The fourth-order valence-corrected chi connectivity index (χ4v) is 2.22. The fourth-order valence-electron chi connectivity index (χ4n) is 2.22. The van der Waals surface area contributed by atoms with Crippen LogP contribution in [-0.2, 0) is 9.59 Å². The Labute approximate surface area is 122 Å². The Kier molecular flexibility index (Phi) is 4.13. The third-order valence-corrected chi connectivity index (χ3v) is 3.61. The molecule has 0 aromatic heterocycles. The van der Waals surface area contributed by atoms with Crippen molar-refractivity contribution in [3.05, 3.63) is 24.0 Å². The summed E-state index contributed by atoms with van der Waals surface area (Å²) in [5, 5.41) is 5.24. The molecule has 0 spiro atoms. The number of rotatable bonds is 3. The highest BCUT2D eigenvalue weighted by Crippen LogP contribution is 2.19. The van der Waals surface area contributed by atoms with Gasteiger partial charge in [-0.1, -0.05) is 0 Å². The summed E-state index contributed by atoms with van der Waals surface area (Å²) in [6.07, 6.45) is 0. The van der Waals surface area contributed by atoms with Gasteiger partial charge in [-0.15, -0.1) is 0 Å². The van der Waals surface area contributed by atoms with Gasteiger partial charge in [0.1, 0.15) is 5.82 Å². The molecule has 1 heterocycles. The molecule has 0 radical (unpaired) electrons. The Balaban J connectivity index is 2.04. The average molecular weight is 294 g/mol. The van der Waals surface area contributed by atoms with Crippen LogP contribution in [0.5, 0.6) is 0 Å². The fraction of sp³-hybridized carbons (Fsp3) is 0.429. The molecule has 0 aliphatic carbocycles. The van der Waals surface area contributed by atoms with Crippen LogP contribution in [0.4, 0.5) is 15.8 Å². The van der Waals surface area contributed by atoms with Crippen molar-refractivity contribution < 1.29 is 14.0 Å². The summed E-state index contributed by atoms with van der Waals surface area (Å²) in [6.45, 7) is 4.55. The summed E-state index contributed by atoms with van der Waals surface area (Å²) in [7, 11) is 0. The van der Waals surface area contributed by atoms with Crippen LogP contribution in [0, 0.1) is 5.82 Å². The molecule has 1 aromatic carbocycles. The van der Waals surface area contributed by atoms with Gasteiger partial charge in [-0.05, 0) is 32.0 Å². The predicted molar refractivity (Wildman–Crippen MR) is 78.1 cm³/mol. The molecule has 2 rings (SSSR count). The Morgan fingerprint density at radius 1 is 1.52 bits per heavy atom. The number of halogens is 1. The molecule has 1 aliphatic rings. The average Bonchev–Trinajstić information content (AvgIpc) is 2.40. The molecule has 2 amide bonds. The maximum atomic E-state index is 13.6. The molecule has 1 aromatic rings. The number of carbonyl (C=O) groups is 2. The lowest BCUT2D eigenvalue weighted by Crippen LogP contribution is -2.62. The Morgan fingerprint density at radius 3 is 2.95 bits per heavy atom. The maximum Gasteiger partial charge on any atom is 0.240 e. The van der Waals surface area contributed by atoms with E-state index in [4.69, 9.17) is 5.73 Å². The van der Waals surface area contributed by atoms with Crippen molar-refractivity contribution in [3.63, 3.8) is 0 Å². The molecule has 4 N–H and O–H groups in total. The number of hydrogen-bond donors (Lipinski definition) is 3. The van der Waals surface area contributed by atoms with Crippen LogP contribution in [0.3, 0.4) is 0 Å². The van der Waals surface area contributed by atoms with Crippen molar-refractivity contribution in [2.75, 3.05) is 30.7 Å². The summed E-state index contributed by atoms with van der Waals surface area (Å²) < 4.78 is 13.6. The van der Waals surface area contributed by atoms with Crippen molar-refractivity contribution in [3.8, 4) is 0 Å². The zero-order valence-corrected chi connectivity index (χ0v) is 12.1. The van der Waals surface area contributed by atoms with Crippen LogP contribution in [-0.4, -0.2) is 41.9 Å². The molecule has 7 heteroatoms. The molecule has 0 atom stereocenters. The lowest BCUT2D eigenvalue weighted by Gasteiger charge is -2.40. The molecule has 0 saturated carbocycles. The van der Waals surface area contributed by atoms with Gasteiger partial charge in [0.2, 0.25) is 11.8 Å². The van der Waals surface area contributed by atoms with Gasteiger partial charge in [0.05, 0.1) is 17.8 Å². The second-order valence-electron chi connectivity index (χ2n) is 5.52. The molecular formula is C14H19FN4O2. The number of nitrogens with zero attached hydrogens (tertiary/aromatic N) is 1. The molecule has 1 saturated heterocycles. The van der Waals surface area contributed by atoms with Crippen molar-refractivity contribution >= 4 is 23.2 Å². The van der Waals surface area contributed by atoms with Crippen molar-refractivity contribution in [2.24, 2.45) is 0 Å².